The Labute approximate surface area is 115 Å². The van der Waals surface area contributed by atoms with Crippen LogP contribution >= 0.6 is 0 Å². The molecule has 0 unspecified atom stereocenters. The van der Waals surface area contributed by atoms with Crippen LogP contribution in [0.4, 0.5) is 4.79 Å². The zero-order valence-electron chi connectivity index (χ0n) is 10.6. The number of fused-ring (bicyclic) bond motifs is 1. The van der Waals surface area contributed by atoms with Crippen LogP contribution < -0.4 is 4.74 Å². The normalized spacial score (nSPS) is 11.3. The molecule has 0 atom stereocenters. The fourth-order valence-corrected chi connectivity index (χ4v) is 2.51. The molecule has 0 amide bonds. The van der Waals surface area contributed by atoms with Crippen molar-refractivity contribution in [2.45, 2.75) is 11.8 Å². The zero-order chi connectivity index (χ0) is 14.8. The van der Waals surface area contributed by atoms with E-state index in [1.165, 1.54) is 30.3 Å². The summed E-state index contributed by atoms with van der Waals surface area (Å²) in [5.74, 6) is 0.159. The van der Waals surface area contributed by atoms with Gasteiger partial charge in [0, 0.05) is 10.8 Å². The van der Waals surface area contributed by atoms with E-state index in [0.29, 0.717) is 5.39 Å². The maximum Gasteiger partial charge on any atom is 0.513 e. The first-order valence-corrected chi connectivity index (χ1v) is 7.21. The van der Waals surface area contributed by atoms with Crippen molar-refractivity contribution in [2.24, 2.45) is 0 Å². The highest BCUT2D eigenvalue weighted by molar-refractivity contribution is 7.86. The van der Waals surface area contributed by atoms with Gasteiger partial charge in [-0.25, -0.2) is 4.79 Å². The minimum atomic E-state index is -4.36. The van der Waals surface area contributed by atoms with Gasteiger partial charge >= 0.3 is 6.16 Å². The standard InChI is InChI=1S/C13H12O6S/c1-2-18-13(14)19-11-7-3-6-10-9(11)5-4-8-12(10)20(15,16)17/h3-8H,2H2,1H3,(H,15,16,17). The van der Waals surface area contributed by atoms with E-state index >= 15 is 0 Å². The minimum absolute atomic E-state index is 0.159. The molecule has 0 saturated carbocycles. The molecule has 0 saturated heterocycles. The molecular formula is C13H12O6S. The maximum atomic E-state index is 11.3. The van der Waals surface area contributed by atoms with Crippen LogP contribution in [0.25, 0.3) is 10.8 Å². The van der Waals surface area contributed by atoms with Gasteiger partial charge in [-0.2, -0.15) is 8.42 Å². The summed E-state index contributed by atoms with van der Waals surface area (Å²) in [7, 11) is -4.36. The van der Waals surface area contributed by atoms with Crippen LogP contribution in [0.5, 0.6) is 5.75 Å². The van der Waals surface area contributed by atoms with E-state index in [1.54, 1.807) is 13.0 Å². The van der Waals surface area contributed by atoms with Crippen molar-refractivity contribution in [1.29, 1.82) is 0 Å². The average molecular weight is 296 g/mol. The van der Waals surface area contributed by atoms with Crippen LogP contribution in [-0.2, 0) is 14.9 Å². The number of benzene rings is 2. The van der Waals surface area contributed by atoms with Crippen molar-refractivity contribution in [2.75, 3.05) is 6.61 Å². The Morgan fingerprint density at radius 1 is 1.15 bits per heavy atom. The number of carbonyl (C=O) groups excluding carboxylic acids is 1. The van der Waals surface area contributed by atoms with Gasteiger partial charge in [-0.15, -0.1) is 0 Å². The topological polar surface area (TPSA) is 89.9 Å². The van der Waals surface area contributed by atoms with Crippen LogP contribution in [0.2, 0.25) is 0 Å². The fraction of sp³-hybridized carbons (Fsp3) is 0.154. The summed E-state index contributed by atoms with van der Waals surface area (Å²) < 4.78 is 41.5. The predicted molar refractivity (Wildman–Crippen MR) is 71.4 cm³/mol. The molecule has 0 aliphatic carbocycles. The number of hydrogen-bond acceptors (Lipinski definition) is 5. The third-order valence-corrected chi connectivity index (χ3v) is 3.49. The summed E-state index contributed by atoms with van der Waals surface area (Å²) in [6.07, 6.45) is -0.878. The van der Waals surface area contributed by atoms with Crippen molar-refractivity contribution in [3.63, 3.8) is 0 Å². The van der Waals surface area contributed by atoms with Gasteiger partial charge in [-0.3, -0.25) is 4.55 Å². The molecule has 0 aliphatic rings. The molecule has 20 heavy (non-hydrogen) atoms. The van der Waals surface area contributed by atoms with E-state index in [9.17, 15) is 17.8 Å². The van der Waals surface area contributed by atoms with Gasteiger partial charge in [-0.1, -0.05) is 24.3 Å². The lowest BCUT2D eigenvalue weighted by Crippen LogP contribution is -2.10. The molecule has 0 heterocycles. The van der Waals surface area contributed by atoms with Crippen molar-refractivity contribution in [3.8, 4) is 5.75 Å². The molecule has 1 N–H and O–H groups in total. The number of ether oxygens (including phenoxy) is 2. The second-order valence-corrected chi connectivity index (χ2v) is 5.26. The minimum Gasteiger partial charge on any atom is -0.434 e. The third kappa shape index (κ3) is 2.89. The molecule has 2 rings (SSSR count). The molecule has 7 heteroatoms. The second kappa shape index (κ2) is 5.48. The largest absolute Gasteiger partial charge is 0.513 e. The highest BCUT2D eigenvalue weighted by atomic mass is 32.2. The van der Waals surface area contributed by atoms with Gasteiger partial charge in [0.2, 0.25) is 0 Å². The summed E-state index contributed by atoms with van der Waals surface area (Å²) in [5, 5.41) is 0.646. The summed E-state index contributed by atoms with van der Waals surface area (Å²) in [6, 6.07) is 8.84. The van der Waals surface area contributed by atoms with Gasteiger partial charge in [0.1, 0.15) is 10.6 Å². The van der Waals surface area contributed by atoms with Gasteiger partial charge in [0.25, 0.3) is 10.1 Å². The quantitative estimate of drug-likeness (QED) is 0.532. The Morgan fingerprint density at radius 2 is 1.80 bits per heavy atom. The van der Waals surface area contributed by atoms with Crippen LogP contribution in [0, 0.1) is 0 Å². The highest BCUT2D eigenvalue weighted by Gasteiger charge is 2.16. The zero-order valence-corrected chi connectivity index (χ0v) is 11.4. The smallest absolute Gasteiger partial charge is 0.434 e. The molecule has 0 spiro atoms. The first-order chi connectivity index (χ1) is 9.43. The number of carbonyl (C=O) groups is 1. The average Bonchev–Trinajstić information content (AvgIpc) is 2.37. The monoisotopic (exact) mass is 296 g/mol. The molecule has 0 radical (unpaired) electrons. The van der Waals surface area contributed by atoms with Crippen LogP contribution in [-0.4, -0.2) is 25.7 Å². The Hall–Kier alpha value is -2.12. The lowest BCUT2D eigenvalue weighted by atomic mass is 10.1. The fourth-order valence-electron chi connectivity index (χ4n) is 1.80. The summed E-state index contributed by atoms with van der Waals surface area (Å²) in [5.41, 5.74) is 0. The Balaban J connectivity index is 2.57. The van der Waals surface area contributed by atoms with E-state index in [2.05, 4.69) is 4.74 Å². The third-order valence-electron chi connectivity index (χ3n) is 2.58. The summed E-state index contributed by atoms with van der Waals surface area (Å²) >= 11 is 0. The molecule has 6 nitrogen and oxygen atoms in total. The molecule has 0 bridgehead atoms. The Morgan fingerprint density at radius 3 is 2.45 bits per heavy atom. The maximum absolute atomic E-state index is 11.3. The Bertz CT molecular complexity index is 751. The van der Waals surface area contributed by atoms with Gasteiger partial charge in [0.05, 0.1) is 6.61 Å². The number of hydrogen-bond donors (Lipinski definition) is 1. The van der Waals surface area contributed by atoms with Gasteiger partial charge in [0.15, 0.2) is 0 Å². The lowest BCUT2D eigenvalue weighted by molar-refractivity contribution is 0.105. The molecule has 0 aliphatic heterocycles. The SMILES string of the molecule is CCOC(=O)Oc1cccc2c(S(=O)(=O)O)cccc12. The van der Waals surface area contributed by atoms with Gasteiger partial charge < -0.3 is 9.47 Å². The van der Waals surface area contributed by atoms with E-state index in [1.807, 2.05) is 0 Å². The van der Waals surface area contributed by atoms with Crippen molar-refractivity contribution < 1.29 is 27.2 Å². The van der Waals surface area contributed by atoms with E-state index in [0.717, 1.165) is 0 Å². The lowest BCUT2D eigenvalue weighted by Gasteiger charge is -2.09. The summed E-state index contributed by atoms with van der Waals surface area (Å²) in [4.78, 5) is 11.1. The van der Waals surface area contributed by atoms with Crippen LogP contribution in [0.1, 0.15) is 6.92 Å². The molecule has 0 fully saturated rings. The molecule has 2 aromatic rings. The van der Waals surface area contributed by atoms with Crippen molar-refractivity contribution in [3.05, 3.63) is 36.4 Å². The molecule has 0 aromatic heterocycles. The second-order valence-electron chi connectivity index (χ2n) is 3.87. The highest BCUT2D eigenvalue weighted by Crippen LogP contribution is 2.30. The van der Waals surface area contributed by atoms with E-state index in [4.69, 9.17) is 4.74 Å². The van der Waals surface area contributed by atoms with E-state index in [-0.39, 0.29) is 22.6 Å². The van der Waals surface area contributed by atoms with Crippen molar-refractivity contribution >= 4 is 27.0 Å². The van der Waals surface area contributed by atoms with Crippen molar-refractivity contribution in [1.82, 2.24) is 0 Å². The summed E-state index contributed by atoms with van der Waals surface area (Å²) in [6.45, 7) is 1.81. The molecule has 106 valence electrons. The first kappa shape index (κ1) is 14.3. The number of rotatable bonds is 3. The van der Waals surface area contributed by atoms with Crippen LogP contribution in [0.15, 0.2) is 41.3 Å². The predicted octanol–water partition coefficient (Wildman–Crippen LogP) is 2.62. The van der Waals surface area contributed by atoms with E-state index < -0.39 is 16.3 Å². The first-order valence-electron chi connectivity index (χ1n) is 5.77. The van der Waals surface area contributed by atoms with Gasteiger partial charge in [-0.05, 0) is 19.1 Å². The Kier molecular flexibility index (Phi) is 3.91. The molecule has 2 aromatic carbocycles. The van der Waals surface area contributed by atoms with Crippen LogP contribution in [0.3, 0.4) is 0 Å². The molecular weight excluding hydrogens is 284 g/mol.